The van der Waals surface area contributed by atoms with Crippen molar-refractivity contribution < 1.29 is 9.31 Å². The Kier molecular flexibility index (Phi) is 5.25. The fourth-order valence-electron chi connectivity index (χ4n) is 2.53. The average Bonchev–Trinajstić information content (AvgIpc) is 2.91. The van der Waals surface area contributed by atoms with Crippen LogP contribution >= 0.6 is 11.3 Å². The zero-order valence-electron chi connectivity index (χ0n) is 15.0. The van der Waals surface area contributed by atoms with Crippen LogP contribution in [-0.2, 0) is 15.7 Å². The van der Waals surface area contributed by atoms with Crippen molar-refractivity contribution in [3.63, 3.8) is 0 Å². The van der Waals surface area contributed by atoms with Crippen LogP contribution in [0.15, 0.2) is 0 Å². The van der Waals surface area contributed by atoms with E-state index in [1.807, 2.05) is 0 Å². The zero-order valence-corrected chi connectivity index (χ0v) is 15.8. The molecule has 2 heterocycles. The molecule has 1 aromatic rings. The highest BCUT2D eigenvalue weighted by molar-refractivity contribution is 7.16. The van der Waals surface area contributed by atoms with E-state index in [1.165, 1.54) is 4.88 Å². The summed E-state index contributed by atoms with van der Waals surface area (Å²) < 4.78 is 12.4. The van der Waals surface area contributed by atoms with Gasteiger partial charge in [-0.05, 0) is 48.0 Å². The molecule has 1 aromatic heterocycles. The molecule has 0 aliphatic carbocycles. The van der Waals surface area contributed by atoms with E-state index in [2.05, 4.69) is 53.4 Å². The van der Waals surface area contributed by atoms with E-state index in [4.69, 9.17) is 14.3 Å². The molecule has 0 radical (unpaired) electrons. The minimum Gasteiger partial charge on any atom is -0.398 e. The van der Waals surface area contributed by atoms with Crippen molar-refractivity contribution in [2.45, 2.75) is 72.5 Å². The molecular weight excluding hydrogens is 295 g/mol. The average molecular weight is 324 g/mol. The third-order valence-electron chi connectivity index (χ3n) is 4.70. The maximum Gasteiger partial charge on any atom is 0.515 e. The van der Waals surface area contributed by atoms with Gasteiger partial charge in [0.2, 0.25) is 0 Å². The van der Waals surface area contributed by atoms with Crippen molar-refractivity contribution in [1.29, 1.82) is 0 Å². The smallest absolute Gasteiger partial charge is 0.398 e. The molecule has 0 aromatic carbocycles. The first kappa shape index (κ1) is 17.8. The minimum atomic E-state index is -0.355. The Balaban J connectivity index is 2.34. The summed E-state index contributed by atoms with van der Waals surface area (Å²) in [5, 5.41) is 1.08. The van der Waals surface area contributed by atoms with Crippen LogP contribution in [0.4, 0.5) is 5.13 Å². The normalized spacial score (nSPS) is 19.7. The topological polar surface area (TPSA) is 34.6 Å². The van der Waals surface area contributed by atoms with Crippen molar-refractivity contribution in [3.8, 4) is 0 Å². The molecule has 0 N–H and O–H groups in total. The Labute approximate surface area is 139 Å². The van der Waals surface area contributed by atoms with Crippen molar-refractivity contribution in [1.82, 2.24) is 4.98 Å². The number of nitrogens with zero attached hydrogens (tertiary/aromatic N) is 2. The van der Waals surface area contributed by atoms with E-state index >= 15 is 0 Å². The lowest BCUT2D eigenvalue weighted by atomic mass is 9.83. The largest absolute Gasteiger partial charge is 0.515 e. The van der Waals surface area contributed by atoms with Crippen LogP contribution in [0.5, 0.6) is 0 Å². The van der Waals surface area contributed by atoms with Gasteiger partial charge in [0.05, 0.1) is 16.8 Å². The van der Waals surface area contributed by atoms with Crippen LogP contribution in [0, 0.1) is 0 Å². The predicted octanol–water partition coefficient (Wildman–Crippen LogP) is 3.24. The summed E-state index contributed by atoms with van der Waals surface area (Å²) in [5.74, 6) is 0. The molecule has 22 heavy (non-hydrogen) atoms. The van der Waals surface area contributed by atoms with Crippen molar-refractivity contribution in [2.24, 2.45) is 0 Å². The van der Waals surface area contributed by atoms with E-state index in [0.717, 1.165) is 36.7 Å². The first-order valence-electron chi connectivity index (χ1n) is 8.35. The molecule has 0 bridgehead atoms. The number of hydrogen-bond donors (Lipinski definition) is 0. The Morgan fingerprint density at radius 2 is 1.59 bits per heavy atom. The molecule has 0 unspecified atom stereocenters. The number of aryl methyl sites for hydroxylation is 1. The van der Waals surface area contributed by atoms with E-state index in [0.29, 0.717) is 0 Å². The summed E-state index contributed by atoms with van der Waals surface area (Å²) in [6, 6.07) is 0. The van der Waals surface area contributed by atoms with E-state index < -0.39 is 0 Å². The molecule has 0 saturated carbocycles. The Morgan fingerprint density at radius 1 is 1.05 bits per heavy atom. The fourth-order valence-corrected chi connectivity index (χ4v) is 3.83. The standard InChI is InChI=1S/C16H29BN2O2S/c1-8-11-12-13(18-14(22-12)19(9-2)10-3)17-20-15(4,5)16(6,7)21-17/h8-11H2,1-7H3. The molecular formula is C16H29BN2O2S. The highest BCUT2D eigenvalue weighted by Crippen LogP contribution is 2.37. The minimum absolute atomic E-state index is 0.319. The molecule has 6 heteroatoms. The van der Waals surface area contributed by atoms with Crippen LogP contribution in [-0.4, -0.2) is 36.4 Å². The van der Waals surface area contributed by atoms with Gasteiger partial charge in [0.15, 0.2) is 5.13 Å². The SMILES string of the molecule is CCCc1sc(N(CC)CC)nc1B1OC(C)(C)C(C)(C)O1. The highest BCUT2D eigenvalue weighted by Gasteiger charge is 2.53. The molecule has 2 rings (SSSR count). The Bertz CT molecular complexity index is 496. The van der Waals surface area contributed by atoms with E-state index in [-0.39, 0.29) is 18.3 Å². The summed E-state index contributed by atoms with van der Waals surface area (Å²) in [6.45, 7) is 16.8. The molecule has 0 atom stereocenters. The van der Waals surface area contributed by atoms with Crippen molar-refractivity contribution in [3.05, 3.63) is 4.88 Å². The van der Waals surface area contributed by atoms with Gasteiger partial charge in [0.25, 0.3) is 0 Å². The van der Waals surface area contributed by atoms with Gasteiger partial charge in [0.1, 0.15) is 0 Å². The first-order chi connectivity index (χ1) is 10.3. The molecule has 1 saturated heterocycles. The molecule has 124 valence electrons. The van der Waals surface area contributed by atoms with Gasteiger partial charge in [0, 0.05) is 18.0 Å². The highest BCUT2D eigenvalue weighted by atomic mass is 32.1. The van der Waals surface area contributed by atoms with Gasteiger partial charge in [-0.2, -0.15) is 0 Å². The maximum absolute atomic E-state index is 6.20. The van der Waals surface area contributed by atoms with Gasteiger partial charge >= 0.3 is 7.12 Å². The van der Waals surface area contributed by atoms with Crippen LogP contribution < -0.4 is 10.5 Å². The monoisotopic (exact) mass is 324 g/mol. The number of hydrogen-bond acceptors (Lipinski definition) is 5. The number of thiazole rings is 1. The van der Waals surface area contributed by atoms with E-state index in [9.17, 15) is 0 Å². The lowest BCUT2D eigenvalue weighted by molar-refractivity contribution is 0.00578. The first-order valence-corrected chi connectivity index (χ1v) is 9.17. The lowest BCUT2D eigenvalue weighted by Crippen LogP contribution is -2.41. The van der Waals surface area contributed by atoms with E-state index in [1.54, 1.807) is 11.3 Å². The second kappa shape index (κ2) is 6.50. The molecule has 1 aliphatic heterocycles. The van der Waals surface area contributed by atoms with Gasteiger partial charge in [-0.25, -0.2) is 4.98 Å². The van der Waals surface area contributed by atoms with Gasteiger partial charge in [-0.15, -0.1) is 11.3 Å². The van der Waals surface area contributed by atoms with Crippen molar-refractivity contribution in [2.75, 3.05) is 18.0 Å². The molecule has 1 aliphatic rings. The number of anilines is 1. The second-order valence-corrected chi connectivity index (χ2v) is 7.88. The molecule has 0 amide bonds. The van der Waals surface area contributed by atoms with Gasteiger partial charge in [-0.3, -0.25) is 0 Å². The van der Waals surface area contributed by atoms with Crippen LogP contribution in [0.25, 0.3) is 0 Å². The third kappa shape index (κ3) is 3.19. The Morgan fingerprint density at radius 3 is 2.05 bits per heavy atom. The third-order valence-corrected chi connectivity index (χ3v) is 5.90. The molecule has 0 spiro atoms. The fraction of sp³-hybridized carbons (Fsp3) is 0.812. The summed E-state index contributed by atoms with van der Waals surface area (Å²) in [6.07, 6.45) is 2.13. The number of rotatable bonds is 6. The summed E-state index contributed by atoms with van der Waals surface area (Å²) in [4.78, 5) is 8.46. The van der Waals surface area contributed by atoms with Crippen LogP contribution in [0.1, 0.15) is 59.8 Å². The quantitative estimate of drug-likeness (QED) is 0.753. The molecule has 4 nitrogen and oxygen atoms in total. The Hall–Kier alpha value is -0.585. The summed E-state index contributed by atoms with van der Waals surface area (Å²) >= 11 is 1.78. The summed E-state index contributed by atoms with van der Waals surface area (Å²) in [5.41, 5.74) is 0.340. The maximum atomic E-state index is 6.20. The summed E-state index contributed by atoms with van der Waals surface area (Å²) in [7, 11) is -0.355. The van der Waals surface area contributed by atoms with Gasteiger partial charge in [-0.1, -0.05) is 13.3 Å². The number of aromatic nitrogens is 1. The lowest BCUT2D eigenvalue weighted by Gasteiger charge is -2.32. The van der Waals surface area contributed by atoms with Crippen LogP contribution in [0.3, 0.4) is 0 Å². The zero-order chi connectivity index (χ0) is 16.5. The van der Waals surface area contributed by atoms with Gasteiger partial charge < -0.3 is 14.2 Å². The molecule has 1 fully saturated rings. The van der Waals surface area contributed by atoms with Crippen molar-refractivity contribution >= 4 is 29.2 Å². The predicted molar refractivity (Wildman–Crippen MR) is 95.4 cm³/mol. The second-order valence-electron chi connectivity index (χ2n) is 6.82. The van der Waals surface area contributed by atoms with Crippen LogP contribution in [0.2, 0.25) is 0 Å².